The van der Waals surface area contributed by atoms with Gasteiger partial charge in [-0.1, -0.05) is 49.0 Å². The van der Waals surface area contributed by atoms with Gasteiger partial charge in [0.05, 0.1) is 58.2 Å². The van der Waals surface area contributed by atoms with Gasteiger partial charge in [-0.2, -0.15) is 4.57 Å². The number of likely N-dealkylation sites (N-methyl/N-ethyl adjacent to an activating group) is 1. The van der Waals surface area contributed by atoms with E-state index < -0.39 is 0 Å². The van der Waals surface area contributed by atoms with E-state index in [1.54, 1.807) is 7.11 Å². The standard InChI is InChI=1S/C35H44N4O2S.Y/c1-6-19-37(20-12-21-39(3,4)22-23-40)34-24-27(25-35-36(2)31-15-10-11-16-33(31)42-35)30-18-17-29(41-5)26-32(30)38(34)28-13-8-7-9-14-28;/h7-11,13-18,24-26,40H,6,12,19-23H2,1-5H3;/q+2;. The fraction of sp³-hybridized carbons (Fsp3) is 0.343. The van der Waals surface area contributed by atoms with E-state index in [2.05, 4.69) is 127 Å². The molecule has 1 aliphatic rings. The second-order valence-electron chi connectivity index (χ2n) is 11.6. The number of para-hydroxylation sites is 2. The Hall–Kier alpha value is -2.42. The Morgan fingerprint density at radius 2 is 1.72 bits per heavy atom. The third-order valence-corrected chi connectivity index (χ3v) is 9.22. The molecule has 0 spiro atoms. The summed E-state index contributed by atoms with van der Waals surface area (Å²) in [6.07, 6.45) is 4.41. The number of nitrogens with zero attached hydrogens (tertiary/aromatic N) is 4. The van der Waals surface area contributed by atoms with Gasteiger partial charge in [0, 0.05) is 68.6 Å². The summed E-state index contributed by atoms with van der Waals surface area (Å²) in [4.78, 5) is 6.11. The van der Waals surface area contributed by atoms with Crippen LogP contribution in [0.25, 0.3) is 22.7 Å². The van der Waals surface area contributed by atoms with Gasteiger partial charge in [-0.05, 0) is 54.5 Å². The van der Waals surface area contributed by atoms with Crippen molar-refractivity contribution in [3.05, 3.63) is 89.5 Å². The van der Waals surface area contributed by atoms with Crippen molar-refractivity contribution in [3.8, 4) is 11.4 Å². The van der Waals surface area contributed by atoms with Gasteiger partial charge < -0.3 is 19.2 Å². The molecule has 0 saturated carbocycles. The summed E-state index contributed by atoms with van der Waals surface area (Å²) in [5.41, 5.74) is 4.67. The van der Waals surface area contributed by atoms with Crippen molar-refractivity contribution in [2.45, 2.75) is 24.7 Å². The molecule has 0 aliphatic carbocycles. The molecule has 3 aromatic carbocycles. The van der Waals surface area contributed by atoms with Crippen molar-refractivity contribution in [2.24, 2.45) is 0 Å². The Labute approximate surface area is 286 Å². The normalized spacial score (nSPS) is 13.7. The molecule has 1 N–H and O–H groups in total. The Morgan fingerprint density at radius 1 is 0.977 bits per heavy atom. The quantitative estimate of drug-likeness (QED) is 0.141. The van der Waals surface area contributed by atoms with Crippen LogP contribution in [0, 0.1) is 0 Å². The number of fused-ring (bicyclic) bond motifs is 2. The molecule has 4 aromatic rings. The molecule has 0 saturated heterocycles. The number of methoxy groups -OCH3 is 1. The van der Waals surface area contributed by atoms with Crippen LogP contribution in [-0.4, -0.2) is 70.6 Å². The SMILES string of the molecule is CCCN(CCC[N+](C)(C)CCO)c1cc(C=C2Sc3ccccc3N2C)c2ccc(OC)cc2[n+]1-c1ccccc1.[Y]. The van der Waals surface area contributed by atoms with Gasteiger partial charge in [0.1, 0.15) is 23.5 Å². The zero-order valence-corrected chi connectivity index (χ0v) is 29.8. The van der Waals surface area contributed by atoms with E-state index in [1.165, 1.54) is 32.4 Å². The van der Waals surface area contributed by atoms with E-state index in [0.717, 1.165) is 60.5 Å². The Morgan fingerprint density at radius 3 is 2.42 bits per heavy atom. The molecule has 0 amide bonds. The molecule has 8 heteroatoms. The van der Waals surface area contributed by atoms with Crippen LogP contribution < -0.4 is 19.1 Å². The van der Waals surface area contributed by atoms with Gasteiger partial charge in [-0.15, -0.1) is 0 Å². The molecule has 1 aliphatic heterocycles. The predicted molar refractivity (Wildman–Crippen MR) is 177 cm³/mol. The number of rotatable bonds is 12. The van der Waals surface area contributed by atoms with Crippen LogP contribution in [0.5, 0.6) is 5.75 Å². The van der Waals surface area contributed by atoms with Crippen LogP contribution >= 0.6 is 11.8 Å². The number of hydrogen-bond donors (Lipinski definition) is 1. The molecule has 1 aromatic heterocycles. The molecule has 0 unspecified atom stereocenters. The smallest absolute Gasteiger partial charge is 0.282 e. The molecule has 0 bridgehead atoms. The maximum Gasteiger partial charge on any atom is 0.282 e. The number of ether oxygens (including phenoxy) is 1. The molecule has 6 nitrogen and oxygen atoms in total. The number of anilines is 2. The number of aromatic nitrogens is 1. The fourth-order valence-electron chi connectivity index (χ4n) is 5.74. The zero-order valence-electron chi connectivity index (χ0n) is 26.2. The summed E-state index contributed by atoms with van der Waals surface area (Å²) in [5.74, 6) is 2.01. The molecule has 0 fully saturated rings. The number of hydrogen-bond acceptors (Lipinski definition) is 5. The van der Waals surface area contributed by atoms with Crippen molar-refractivity contribution in [3.63, 3.8) is 0 Å². The Kier molecular flexibility index (Phi) is 11.7. The van der Waals surface area contributed by atoms with Gasteiger partial charge in [0.2, 0.25) is 0 Å². The largest absolute Gasteiger partial charge is 0.497 e. The van der Waals surface area contributed by atoms with E-state index >= 15 is 0 Å². The monoisotopic (exact) mass is 673 g/mol. The minimum atomic E-state index is 0. The van der Waals surface area contributed by atoms with Crippen LogP contribution in [0.3, 0.4) is 0 Å². The first-order valence-electron chi connectivity index (χ1n) is 14.9. The van der Waals surface area contributed by atoms with Crippen molar-refractivity contribution in [1.82, 2.24) is 0 Å². The van der Waals surface area contributed by atoms with Gasteiger partial charge in [0.15, 0.2) is 0 Å². The second-order valence-corrected chi connectivity index (χ2v) is 12.6. The fourth-order valence-corrected chi connectivity index (χ4v) is 6.84. The average molecular weight is 674 g/mol. The first kappa shape index (κ1) is 33.5. The van der Waals surface area contributed by atoms with Crippen molar-refractivity contribution in [2.75, 3.05) is 70.8 Å². The van der Waals surface area contributed by atoms with Crippen molar-refractivity contribution < 1.29 is 51.6 Å². The number of benzene rings is 3. The van der Waals surface area contributed by atoms with Crippen LogP contribution in [0.2, 0.25) is 0 Å². The molecule has 5 rings (SSSR count). The number of thioether (sulfide) groups is 1. The summed E-state index contributed by atoms with van der Waals surface area (Å²) in [6.45, 7) is 6.11. The molecule has 1 radical (unpaired) electrons. The van der Waals surface area contributed by atoms with Crippen LogP contribution in [0.1, 0.15) is 25.3 Å². The van der Waals surface area contributed by atoms with Gasteiger partial charge in [-0.3, -0.25) is 4.90 Å². The summed E-state index contributed by atoms with van der Waals surface area (Å²) in [6, 6.07) is 28.0. The topological polar surface area (TPSA) is 39.8 Å². The van der Waals surface area contributed by atoms with Crippen LogP contribution in [0.15, 0.2) is 88.8 Å². The van der Waals surface area contributed by atoms with Crippen LogP contribution in [-0.2, 0) is 32.7 Å². The number of aliphatic hydroxyl groups excluding tert-OH is 1. The molecule has 43 heavy (non-hydrogen) atoms. The molecular weight excluding hydrogens is 629 g/mol. The summed E-state index contributed by atoms with van der Waals surface area (Å²) in [7, 11) is 8.29. The van der Waals surface area contributed by atoms with Crippen LogP contribution in [0.4, 0.5) is 11.5 Å². The van der Waals surface area contributed by atoms with E-state index in [0.29, 0.717) is 0 Å². The predicted octanol–water partition coefficient (Wildman–Crippen LogP) is 6.34. The minimum absolute atomic E-state index is 0. The number of pyridine rings is 1. The number of aliphatic hydroxyl groups is 1. The third kappa shape index (κ3) is 7.63. The van der Waals surface area contributed by atoms with Crippen molar-refractivity contribution in [1.29, 1.82) is 0 Å². The van der Waals surface area contributed by atoms with Gasteiger partial charge >= 0.3 is 0 Å². The first-order valence-corrected chi connectivity index (χ1v) is 15.7. The van der Waals surface area contributed by atoms with E-state index in [9.17, 15) is 5.11 Å². The van der Waals surface area contributed by atoms with Gasteiger partial charge in [-0.25, -0.2) is 0 Å². The summed E-state index contributed by atoms with van der Waals surface area (Å²) < 4.78 is 8.95. The van der Waals surface area contributed by atoms with E-state index in [-0.39, 0.29) is 39.3 Å². The minimum Gasteiger partial charge on any atom is -0.497 e. The average Bonchev–Trinajstić information content (AvgIpc) is 3.31. The molecular formula is C35H44N4O2SY+2. The van der Waals surface area contributed by atoms with Gasteiger partial charge in [0.25, 0.3) is 5.82 Å². The zero-order chi connectivity index (χ0) is 29.7. The van der Waals surface area contributed by atoms with Crippen molar-refractivity contribution >= 4 is 40.2 Å². The van der Waals surface area contributed by atoms with E-state index in [1.807, 2.05) is 11.8 Å². The third-order valence-electron chi connectivity index (χ3n) is 8.05. The first-order chi connectivity index (χ1) is 20.3. The Balaban J connectivity index is 0.00000423. The van der Waals surface area contributed by atoms with E-state index in [4.69, 9.17) is 4.74 Å². The summed E-state index contributed by atoms with van der Waals surface area (Å²) in [5, 5.41) is 11.9. The second kappa shape index (κ2) is 15.0. The maximum atomic E-state index is 9.55. The maximum absolute atomic E-state index is 9.55. The Bertz CT molecular complexity index is 1560. The molecule has 2 heterocycles. The summed E-state index contributed by atoms with van der Waals surface area (Å²) >= 11 is 1.82. The number of quaternary nitrogens is 1. The molecule has 223 valence electrons. The molecule has 0 atom stereocenters.